The number of ether oxygens (including phenoxy) is 1. The van der Waals surface area contributed by atoms with Gasteiger partial charge in [0.25, 0.3) is 5.91 Å². The molecular formula is C20H18N4O3. The lowest BCUT2D eigenvalue weighted by Crippen LogP contribution is -2.13. The zero-order valence-corrected chi connectivity index (χ0v) is 14.7. The van der Waals surface area contributed by atoms with Gasteiger partial charge in [-0.2, -0.15) is 0 Å². The normalized spacial score (nSPS) is 10.1. The van der Waals surface area contributed by atoms with Gasteiger partial charge in [-0.1, -0.05) is 12.1 Å². The van der Waals surface area contributed by atoms with E-state index in [2.05, 4.69) is 25.3 Å². The van der Waals surface area contributed by atoms with Gasteiger partial charge < -0.3 is 15.4 Å². The van der Waals surface area contributed by atoms with E-state index in [-0.39, 0.29) is 5.91 Å². The van der Waals surface area contributed by atoms with Crippen LogP contribution in [0.3, 0.4) is 0 Å². The van der Waals surface area contributed by atoms with Gasteiger partial charge in [-0.05, 0) is 42.0 Å². The molecule has 0 bridgehead atoms. The van der Waals surface area contributed by atoms with Crippen LogP contribution in [0.15, 0.2) is 67.1 Å². The van der Waals surface area contributed by atoms with E-state index in [0.29, 0.717) is 29.2 Å². The number of methoxy groups -OCH3 is 1. The van der Waals surface area contributed by atoms with Crippen molar-refractivity contribution in [2.45, 2.75) is 6.54 Å². The van der Waals surface area contributed by atoms with Gasteiger partial charge in [-0.25, -0.2) is 9.78 Å². The third-order valence-corrected chi connectivity index (χ3v) is 3.76. The number of pyridine rings is 2. The Kier molecular flexibility index (Phi) is 5.73. The van der Waals surface area contributed by atoms with Crippen LogP contribution in [0.5, 0.6) is 0 Å². The maximum atomic E-state index is 12.4. The Labute approximate surface area is 156 Å². The quantitative estimate of drug-likeness (QED) is 0.655. The second-order valence-corrected chi connectivity index (χ2v) is 5.67. The Bertz CT molecular complexity index is 927. The van der Waals surface area contributed by atoms with E-state index in [4.69, 9.17) is 0 Å². The molecule has 0 unspecified atom stereocenters. The van der Waals surface area contributed by atoms with E-state index in [1.807, 2.05) is 12.1 Å². The molecule has 136 valence electrons. The topological polar surface area (TPSA) is 93.2 Å². The molecule has 7 nitrogen and oxygen atoms in total. The summed E-state index contributed by atoms with van der Waals surface area (Å²) < 4.78 is 4.68. The van der Waals surface area contributed by atoms with Crippen molar-refractivity contribution in [3.63, 3.8) is 0 Å². The van der Waals surface area contributed by atoms with Gasteiger partial charge in [0.1, 0.15) is 5.82 Å². The van der Waals surface area contributed by atoms with Crippen molar-refractivity contribution in [2.24, 2.45) is 0 Å². The largest absolute Gasteiger partial charge is 0.465 e. The standard InChI is InChI=1S/C20H18N4O3/c1-27-20(26)15-5-2-6-17(10-15)24-19(25)16-7-8-18(23-13-16)22-12-14-4-3-9-21-11-14/h2-11,13H,12H2,1H3,(H,22,23)(H,24,25). The minimum Gasteiger partial charge on any atom is -0.465 e. The highest BCUT2D eigenvalue weighted by Gasteiger charge is 2.10. The summed E-state index contributed by atoms with van der Waals surface area (Å²) in [7, 11) is 1.31. The molecule has 0 radical (unpaired) electrons. The fourth-order valence-corrected chi connectivity index (χ4v) is 2.37. The molecule has 0 atom stereocenters. The number of rotatable bonds is 6. The average molecular weight is 362 g/mol. The fraction of sp³-hybridized carbons (Fsp3) is 0.100. The van der Waals surface area contributed by atoms with Crippen LogP contribution in [0.2, 0.25) is 0 Å². The summed E-state index contributed by atoms with van der Waals surface area (Å²) in [6, 6.07) is 13.8. The third kappa shape index (κ3) is 4.88. The highest BCUT2D eigenvalue weighted by Crippen LogP contribution is 2.14. The van der Waals surface area contributed by atoms with Crippen LogP contribution in [0.25, 0.3) is 0 Å². The fourth-order valence-electron chi connectivity index (χ4n) is 2.37. The highest BCUT2D eigenvalue weighted by atomic mass is 16.5. The third-order valence-electron chi connectivity index (χ3n) is 3.76. The Morgan fingerprint density at radius 2 is 1.93 bits per heavy atom. The SMILES string of the molecule is COC(=O)c1cccc(NC(=O)c2ccc(NCc3cccnc3)nc2)c1. The number of nitrogens with one attached hydrogen (secondary N) is 2. The van der Waals surface area contributed by atoms with E-state index < -0.39 is 5.97 Å². The molecular weight excluding hydrogens is 344 g/mol. The van der Waals surface area contributed by atoms with Crippen molar-refractivity contribution in [3.8, 4) is 0 Å². The molecule has 27 heavy (non-hydrogen) atoms. The summed E-state index contributed by atoms with van der Waals surface area (Å²) in [5.74, 6) is -0.122. The second-order valence-electron chi connectivity index (χ2n) is 5.67. The van der Waals surface area contributed by atoms with E-state index in [9.17, 15) is 9.59 Å². The van der Waals surface area contributed by atoms with Crippen LogP contribution < -0.4 is 10.6 Å². The van der Waals surface area contributed by atoms with Gasteiger partial charge in [0.05, 0.1) is 18.2 Å². The summed E-state index contributed by atoms with van der Waals surface area (Å²) in [5, 5.41) is 5.91. The summed E-state index contributed by atoms with van der Waals surface area (Å²) in [4.78, 5) is 32.2. The van der Waals surface area contributed by atoms with Crippen molar-refractivity contribution in [1.82, 2.24) is 9.97 Å². The van der Waals surface area contributed by atoms with Gasteiger partial charge in [0, 0.05) is 30.8 Å². The second kappa shape index (κ2) is 8.57. The molecule has 3 aromatic rings. The van der Waals surface area contributed by atoms with Crippen LogP contribution in [-0.2, 0) is 11.3 Å². The first kappa shape index (κ1) is 18.1. The predicted molar refractivity (Wildman–Crippen MR) is 102 cm³/mol. The lowest BCUT2D eigenvalue weighted by Gasteiger charge is -2.08. The number of hydrogen-bond donors (Lipinski definition) is 2. The van der Waals surface area contributed by atoms with Crippen LogP contribution >= 0.6 is 0 Å². The number of aromatic nitrogens is 2. The zero-order valence-electron chi connectivity index (χ0n) is 14.7. The van der Waals surface area contributed by atoms with Gasteiger partial charge in [0.2, 0.25) is 0 Å². The maximum Gasteiger partial charge on any atom is 0.337 e. The van der Waals surface area contributed by atoms with Gasteiger partial charge in [-0.3, -0.25) is 9.78 Å². The Morgan fingerprint density at radius 1 is 1.04 bits per heavy atom. The molecule has 0 aliphatic rings. The summed E-state index contributed by atoms with van der Waals surface area (Å²) >= 11 is 0. The van der Waals surface area contributed by atoms with Gasteiger partial charge in [-0.15, -0.1) is 0 Å². The van der Waals surface area contributed by atoms with E-state index in [1.165, 1.54) is 13.3 Å². The number of esters is 1. The van der Waals surface area contributed by atoms with Crippen molar-refractivity contribution < 1.29 is 14.3 Å². The number of carbonyl (C=O) groups is 2. The maximum absolute atomic E-state index is 12.4. The molecule has 0 saturated carbocycles. The molecule has 2 heterocycles. The van der Waals surface area contributed by atoms with Crippen LogP contribution in [-0.4, -0.2) is 29.0 Å². The lowest BCUT2D eigenvalue weighted by atomic mass is 10.2. The van der Waals surface area contributed by atoms with Crippen LogP contribution in [0, 0.1) is 0 Å². The first-order valence-electron chi connectivity index (χ1n) is 8.24. The van der Waals surface area contributed by atoms with E-state index in [0.717, 1.165) is 5.56 Å². The molecule has 7 heteroatoms. The number of carbonyl (C=O) groups excluding carboxylic acids is 2. The van der Waals surface area contributed by atoms with Crippen molar-refractivity contribution >= 4 is 23.4 Å². The summed E-state index contributed by atoms with van der Waals surface area (Å²) in [6.07, 6.45) is 4.98. The number of nitrogens with zero attached hydrogens (tertiary/aromatic N) is 2. The minimum atomic E-state index is -0.461. The summed E-state index contributed by atoms with van der Waals surface area (Å²) in [5.41, 5.74) is 2.31. The highest BCUT2D eigenvalue weighted by molar-refractivity contribution is 6.04. The first-order valence-corrected chi connectivity index (χ1v) is 8.24. The van der Waals surface area contributed by atoms with Gasteiger partial charge in [0.15, 0.2) is 0 Å². The number of anilines is 2. The minimum absolute atomic E-state index is 0.316. The van der Waals surface area contributed by atoms with Crippen LogP contribution in [0.1, 0.15) is 26.3 Å². The molecule has 3 rings (SSSR count). The Balaban J connectivity index is 1.61. The summed E-state index contributed by atoms with van der Waals surface area (Å²) in [6.45, 7) is 0.590. The molecule has 1 amide bonds. The van der Waals surface area contributed by atoms with Crippen LogP contribution in [0.4, 0.5) is 11.5 Å². The first-order chi connectivity index (χ1) is 13.2. The molecule has 0 aliphatic heterocycles. The van der Waals surface area contributed by atoms with Gasteiger partial charge >= 0.3 is 5.97 Å². The molecule has 0 fully saturated rings. The smallest absolute Gasteiger partial charge is 0.337 e. The monoisotopic (exact) mass is 362 g/mol. The van der Waals surface area contributed by atoms with E-state index in [1.54, 1.807) is 48.8 Å². The van der Waals surface area contributed by atoms with Crippen molar-refractivity contribution in [1.29, 1.82) is 0 Å². The predicted octanol–water partition coefficient (Wildman–Crippen LogP) is 3.13. The van der Waals surface area contributed by atoms with E-state index >= 15 is 0 Å². The number of hydrogen-bond acceptors (Lipinski definition) is 6. The van der Waals surface area contributed by atoms with Crippen molar-refractivity contribution in [3.05, 3.63) is 83.8 Å². The molecule has 0 aliphatic carbocycles. The molecule has 2 aromatic heterocycles. The Hall–Kier alpha value is -3.74. The lowest BCUT2D eigenvalue weighted by molar-refractivity contribution is 0.0600. The number of benzene rings is 1. The molecule has 2 N–H and O–H groups in total. The molecule has 1 aromatic carbocycles. The Morgan fingerprint density at radius 3 is 2.63 bits per heavy atom. The molecule has 0 saturated heterocycles. The van der Waals surface area contributed by atoms with Crippen molar-refractivity contribution in [2.75, 3.05) is 17.7 Å². The number of amides is 1. The molecule has 0 spiro atoms. The zero-order chi connectivity index (χ0) is 19.1. The average Bonchev–Trinajstić information content (AvgIpc) is 2.73.